The molecule has 0 amide bonds. The van der Waals surface area contributed by atoms with Crippen LogP contribution in [0.15, 0.2) is 36.4 Å². The van der Waals surface area contributed by atoms with Crippen molar-refractivity contribution in [3.8, 4) is 5.75 Å². The van der Waals surface area contributed by atoms with Crippen molar-refractivity contribution in [1.82, 2.24) is 0 Å². The average Bonchev–Trinajstić information content (AvgIpc) is 2.35. The first kappa shape index (κ1) is 12.9. The van der Waals surface area contributed by atoms with E-state index in [1.54, 1.807) is 31.4 Å². The van der Waals surface area contributed by atoms with Gasteiger partial charge in [0.1, 0.15) is 11.6 Å². The van der Waals surface area contributed by atoms with E-state index in [1.807, 2.05) is 6.07 Å². The number of ether oxygens (including phenoxy) is 1. The normalized spacial score (nSPS) is 10.2. The number of para-hydroxylation sites is 1. The van der Waals surface area contributed by atoms with Crippen molar-refractivity contribution in [2.75, 3.05) is 18.2 Å². The second kappa shape index (κ2) is 5.43. The number of nitrogens with two attached hydrogens (primary N) is 1. The lowest BCUT2D eigenvalue weighted by molar-refractivity contribution is 0.417. The number of anilines is 3. The fourth-order valence-corrected chi connectivity index (χ4v) is 2.02. The molecule has 0 heterocycles. The summed E-state index contributed by atoms with van der Waals surface area (Å²) < 4.78 is 19.7. The van der Waals surface area contributed by atoms with E-state index in [1.165, 1.54) is 6.07 Å². The van der Waals surface area contributed by atoms with Gasteiger partial charge in [-0.05, 0) is 52.9 Å². The van der Waals surface area contributed by atoms with Crippen LogP contribution in [0.2, 0.25) is 0 Å². The highest BCUT2D eigenvalue weighted by Gasteiger charge is 2.08. The molecule has 5 heteroatoms. The summed E-state index contributed by atoms with van der Waals surface area (Å²) in [6.45, 7) is 0. The van der Waals surface area contributed by atoms with Gasteiger partial charge in [0.05, 0.1) is 24.2 Å². The van der Waals surface area contributed by atoms with Crippen molar-refractivity contribution in [3.05, 3.63) is 45.8 Å². The van der Waals surface area contributed by atoms with Gasteiger partial charge in [0.15, 0.2) is 0 Å². The molecule has 0 atom stereocenters. The van der Waals surface area contributed by atoms with Crippen LogP contribution in [-0.2, 0) is 0 Å². The van der Waals surface area contributed by atoms with Crippen molar-refractivity contribution < 1.29 is 9.13 Å². The summed E-state index contributed by atoms with van der Waals surface area (Å²) in [5.74, 6) is 0.245. The Bertz CT molecular complexity index is 575. The lowest BCUT2D eigenvalue weighted by Gasteiger charge is -2.12. The van der Waals surface area contributed by atoms with Crippen LogP contribution in [0.1, 0.15) is 0 Å². The minimum atomic E-state index is -0.316. The fraction of sp³-hybridized carbons (Fsp3) is 0.0769. The summed E-state index contributed by atoms with van der Waals surface area (Å²) >= 11 is 2.06. The monoisotopic (exact) mass is 358 g/mol. The van der Waals surface area contributed by atoms with Gasteiger partial charge in [-0.3, -0.25) is 0 Å². The fourth-order valence-electron chi connectivity index (χ4n) is 1.57. The molecule has 94 valence electrons. The molecule has 0 unspecified atom stereocenters. The van der Waals surface area contributed by atoms with Crippen LogP contribution < -0.4 is 15.8 Å². The highest BCUT2D eigenvalue weighted by Crippen LogP contribution is 2.32. The number of hydrogen-bond donors (Lipinski definition) is 2. The van der Waals surface area contributed by atoms with Crippen LogP contribution >= 0.6 is 22.6 Å². The Hall–Kier alpha value is -1.50. The van der Waals surface area contributed by atoms with Crippen LogP contribution in [0.3, 0.4) is 0 Å². The Morgan fingerprint density at radius 1 is 1.22 bits per heavy atom. The van der Waals surface area contributed by atoms with Gasteiger partial charge in [-0.2, -0.15) is 0 Å². The smallest absolute Gasteiger partial charge is 0.147 e. The Morgan fingerprint density at radius 2 is 2.00 bits per heavy atom. The predicted octanol–water partition coefficient (Wildman–Crippen LogP) is 3.76. The molecule has 0 radical (unpaired) electrons. The SMILES string of the molecule is COc1cccc(Nc2ccc(I)cc2F)c1N. The summed E-state index contributed by atoms with van der Waals surface area (Å²) in [6, 6.07) is 10.3. The van der Waals surface area contributed by atoms with Crippen molar-refractivity contribution in [2.45, 2.75) is 0 Å². The molecule has 0 bridgehead atoms. The number of rotatable bonds is 3. The molecule has 18 heavy (non-hydrogen) atoms. The molecule has 0 aliphatic carbocycles. The molecule has 0 aliphatic rings. The van der Waals surface area contributed by atoms with Gasteiger partial charge in [0.2, 0.25) is 0 Å². The molecule has 0 saturated carbocycles. The lowest BCUT2D eigenvalue weighted by Crippen LogP contribution is -2.00. The third kappa shape index (κ3) is 2.66. The largest absolute Gasteiger partial charge is 0.495 e. The Kier molecular flexibility index (Phi) is 3.90. The highest BCUT2D eigenvalue weighted by molar-refractivity contribution is 14.1. The quantitative estimate of drug-likeness (QED) is 0.649. The van der Waals surface area contributed by atoms with Gasteiger partial charge in [0, 0.05) is 3.57 Å². The standard InChI is InChI=1S/C13H12FIN2O/c1-18-12-4-2-3-11(13(12)16)17-10-6-5-8(15)7-9(10)14/h2-7,17H,16H2,1H3. The van der Waals surface area contributed by atoms with E-state index in [0.29, 0.717) is 22.8 Å². The van der Waals surface area contributed by atoms with Crippen molar-refractivity contribution in [1.29, 1.82) is 0 Å². The third-order valence-corrected chi connectivity index (χ3v) is 3.16. The minimum absolute atomic E-state index is 0.316. The Morgan fingerprint density at radius 3 is 2.67 bits per heavy atom. The molecule has 0 saturated heterocycles. The molecular weight excluding hydrogens is 346 g/mol. The molecule has 0 spiro atoms. The van der Waals surface area contributed by atoms with Gasteiger partial charge in [-0.15, -0.1) is 0 Å². The van der Waals surface area contributed by atoms with E-state index in [2.05, 4.69) is 27.9 Å². The van der Waals surface area contributed by atoms with E-state index in [9.17, 15) is 4.39 Å². The van der Waals surface area contributed by atoms with Gasteiger partial charge >= 0.3 is 0 Å². The molecule has 2 aromatic carbocycles. The van der Waals surface area contributed by atoms with E-state index >= 15 is 0 Å². The first-order chi connectivity index (χ1) is 8.61. The average molecular weight is 358 g/mol. The molecule has 3 nitrogen and oxygen atoms in total. The van der Waals surface area contributed by atoms with E-state index in [0.717, 1.165) is 3.57 Å². The Labute approximate surface area is 118 Å². The maximum absolute atomic E-state index is 13.7. The number of nitrogens with one attached hydrogen (secondary N) is 1. The zero-order valence-electron chi connectivity index (χ0n) is 9.71. The van der Waals surface area contributed by atoms with Gasteiger partial charge in [0.25, 0.3) is 0 Å². The van der Waals surface area contributed by atoms with E-state index in [4.69, 9.17) is 10.5 Å². The summed E-state index contributed by atoms with van der Waals surface area (Å²) in [5.41, 5.74) is 7.37. The molecule has 0 aliphatic heterocycles. The van der Waals surface area contributed by atoms with Crippen LogP contribution in [0.4, 0.5) is 21.5 Å². The molecular formula is C13H12FIN2O. The van der Waals surface area contributed by atoms with Gasteiger partial charge in [-0.1, -0.05) is 6.07 Å². The second-order valence-electron chi connectivity index (χ2n) is 3.67. The molecule has 0 aromatic heterocycles. The molecule has 2 rings (SSSR count). The summed E-state index contributed by atoms with van der Waals surface area (Å²) in [6.07, 6.45) is 0. The minimum Gasteiger partial charge on any atom is -0.495 e. The number of halogens is 2. The second-order valence-corrected chi connectivity index (χ2v) is 4.92. The van der Waals surface area contributed by atoms with Gasteiger partial charge < -0.3 is 15.8 Å². The third-order valence-electron chi connectivity index (χ3n) is 2.49. The van der Waals surface area contributed by atoms with Crippen LogP contribution in [0, 0.1) is 9.39 Å². The van der Waals surface area contributed by atoms with Crippen molar-refractivity contribution in [2.24, 2.45) is 0 Å². The van der Waals surface area contributed by atoms with Crippen molar-refractivity contribution >= 4 is 39.7 Å². The number of nitrogen functional groups attached to an aromatic ring is 1. The maximum Gasteiger partial charge on any atom is 0.147 e. The van der Waals surface area contributed by atoms with Gasteiger partial charge in [-0.25, -0.2) is 4.39 Å². The number of hydrogen-bond acceptors (Lipinski definition) is 3. The maximum atomic E-state index is 13.7. The first-order valence-electron chi connectivity index (χ1n) is 5.26. The van der Waals surface area contributed by atoms with E-state index < -0.39 is 0 Å². The first-order valence-corrected chi connectivity index (χ1v) is 6.34. The molecule has 2 aromatic rings. The highest BCUT2D eigenvalue weighted by atomic mass is 127. The predicted molar refractivity (Wildman–Crippen MR) is 79.8 cm³/mol. The Balaban J connectivity index is 2.34. The molecule has 3 N–H and O–H groups in total. The summed E-state index contributed by atoms with van der Waals surface area (Å²) in [7, 11) is 1.54. The van der Waals surface area contributed by atoms with E-state index in [-0.39, 0.29) is 5.82 Å². The zero-order chi connectivity index (χ0) is 13.1. The topological polar surface area (TPSA) is 47.3 Å². The summed E-state index contributed by atoms with van der Waals surface area (Å²) in [4.78, 5) is 0. The van der Waals surface area contributed by atoms with Crippen LogP contribution in [0.25, 0.3) is 0 Å². The zero-order valence-corrected chi connectivity index (χ0v) is 11.9. The lowest BCUT2D eigenvalue weighted by atomic mass is 10.2. The van der Waals surface area contributed by atoms with Crippen LogP contribution in [-0.4, -0.2) is 7.11 Å². The number of benzene rings is 2. The van der Waals surface area contributed by atoms with Crippen molar-refractivity contribution in [3.63, 3.8) is 0 Å². The molecule has 0 fully saturated rings. The summed E-state index contributed by atoms with van der Waals surface area (Å²) in [5, 5.41) is 2.96. The number of methoxy groups -OCH3 is 1. The van der Waals surface area contributed by atoms with Crippen LogP contribution in [0.5, 0.6) is 5.75 Å².